The lowest BCUT2D eigenvalue weighted by Crippen LogP contribution is -2.45. The molecule has 8 nitrogen and oxygen atoms in total. The number of hydrogen-bond acceptors (Lipinski definition) is 6. The Kier molecular flexibility index (Phi) is 5.60. The van der Waals surface area contributed by atoms with Gasteiger partial charge in [0.25, 0.3) is 5.92 Å². The van der Waals surface area contributed by atoms with Crippen LogP contribution in [0.2, 0.25) is 0 Å². The highest BCUT2D eigenvalue weighted by atomic mass is 19.3. The molecule has 1 saturated heterocycles. The number of alkyl halides is 2. The molecular weight excluding hydrogens is 346 g/mol. The number of carbonyl (C=O) groups is 1. The normalized spacial score (nSPS) is 18.2. The summed E-state index contributed by atoms with van der Waals surface area (Å²) in [6.07, 6.45) is 1.80. The Balaban J connectivity index is 1.67. The van der Waals surface area contributed by atoms with Gasteiger partial charge >= 0.3 is 0 Å². The van der Waals surface area contributed by atoms with Gasteiger partial charge in [0.05, 0.1) is 20.2 Å². The first-order valence-corrected chi connectivity index (χ1v) is 8.60. The van der Waals surface area contributed by atoms with E-state index in [4.69, 9.17) is 4.74 Å². The molecule has 26 heavy (non-hydrogen) atoms. The molecule has 0 spiro atoms. The summed E-state index contributed by atoms with van der Waals surface area (Å²) in [5.74, 6) is -2.36. The number of ether oxygens (including phenoxy) is 1. The van der Waals surface area contributed by atoms with Crippen molar-refractivity contribution >= 4 is 11.6 Å². The summed E-state index contributed by atoms with van der Waals surface area (Å²) >= 11 is 0. The van der Waals surface area contributed by atoms with Crippen LogP contribution in [0.4, 0.5) is 8.78 Å². The maximum absolute atomic E-state index is 13.9. The van der Waals surface area contributed by atoms with E-state index in [9.17, 15) is 13.6 Å². The molecule has 1 aliphatic heterocycles. The molecule has 1 fully saturated rings. The topological polar surface area (TPSA) is 84.7 Å². The van der Waals surface area contributed by atoms with Gasteiger partial charge in [-0.2, -0.15) is 4.52 Å². The van der Waals surface area contributed by atoms with Gasteiger partial charge in [-0.05, 0) is 25.5 Å². The molecule has 0 aromatic carbocycles. The number of nitrogens with zero attached hydrogens (tertiary/aromatic N) is 5. The molecular formula is C16H22F2N6O2. The Bertz CT molecular complexity index is 766. The van der Waals surface area contributed by atoms with Crippen molar-refractivity contribution in [1.82, 2.24) is 30.0 Å². The van der Waals surface area contributed by atoms with E-state index in [1.54, 1.807) is 12.1 Å². The predicted octanol–water partition coefficient (Wildman–Crippen LogP) is 0.913. The van der Waals surface area contributed by atoms with Crippen LogP contribution in [0.3, 0.4) is 0 Å². The van der Waals surface area contributed by atoms with Gasteiger partial charge < -0.3 is 15.0 Å². The van der Waals surface area contributed by atoms with E-state index in [-0.39, 0.29) is 18.7 Å². The average molecular weight is 368 g/mol. The van der Waals surface area contributed by atoms with E-state index in [1.165, 1.54) is 16.5 Å². The number of methoxy groups -OCH3 is 1. The number of aromatic nitrogens is 4. The Labute approximate surface area is 149 Å². The smallest absolute Gasteiger partial charge is 0.277 e. The standard InChI is InChI=1S/C16H22F2N6O2/c1-26-14-6-4-12-20-21-13(24(12)22-14)5-7-15(25)23-9-3-2-8-19-10-16(17,18)11-23/h4,6,19H,2-3,5,7-11H2,1H3. The van der Waals surface area contributed by atoms with Crippen molar-refractivity contribution in [1.29, 1.82) is 0 Å². The maximum atomic E-state index is 13.9. The van der Waals surface area contributed by atoms with Gasteiger partial charge in [0, 0.05) is 25.5 Å². The average Bonchev–Trinajstić information content (AvgIpc) is 3.05. The summed E-state index contributed by atoms with van der Waals surface area (Å²) in [5.41, 5.74) is 0.536. The third-order valence-electron chi connectivity index (χ3n) is 4.26. The van der Waals surface area contributed by atoms with E-state index in [1.807, 2.05) is 0 Å². The summed E-state index contributed by atoms with van der Waals surface area (Å²) in [6.45, 7) is -0.0968. The molecule has 0 atom stereocenters. The number of rotatable bonds is 4. The number of aryl methyl sites for hydroxylation is 1. The van der Waals surface area contributed by atoms with Crippen LogP contribution in [0.25, 0.3) is 5.65 Å². The molecule has 2 aromatic rings. The first kappa shape index (κ1) is 18.4. The van der Waals surface area contributed by atoms with Crippen LogP contribution in [0.1, 0.15) is 25.1 Å². The predicted molar refractivity (Wildman–Crippen MR) is 89.3 cm³/mol. The van der Waals surface area contributed by atoms with Crippen LogP contribution in [0, 0.1) is 0 Å². The Morgan fingerprint density at radius 2 is 2.19 bits per heavy atom. The second kappa shape index (κ2) is 7.90. The summed E-state index contributed by atoms with van der Waals surface area (Å²) < 4.78 is 34.4. The zero-order valence-corrected chi connectivity index (χ0v) is 14.6. The monoisotopic (exact) mass is 368 g/mol. The van der Waals surface area contributed by atoms with Crippen molar-refractivity contribution in [2.24, 2.45) is 0 Å². The van der Waals surface area contributed by atoms with E-state index in [2.05, 4.69) is 20.6 Å². The molecule has 10 heteroatoms. The lowest BCUT2D eigenvalue weighted by molar-refractivity contribution is -0.136. The van der Waals surface area contributed by atoms with Crippen molar-refractivity contribution in [3.8, 4) is 5.88 Å². The molecule has 1 aliphatic rings. The molecule has 0 aliphatic carbocycles. The third kappa shape index (κ3) is 4.43. The van der Waals surface area contributed by atoms with Gasteiger partial charge in [-0.3, -0.25) is 4.79 Å². The van der Waals surface area contributed by atoms with Gasteiger partial charge in [-0.1, -0.05) is 0 Å². The second-order valence-corrected chi connectivity index (χ2v) is 6.32. The van der Waals surface area contributed by atoms with Crippen LogP contribution < -0.4 is 10.1 Å². The molecule has 2 aromatic heterocycles. The highest BCUT2D eigenvalue weighted by Gasteiger charge is 2.33. The van der Waals surface area contributed by atoms with Crippen molar-refractivity contribution in [3.05, 3.63) is 18.0 Å². The van der Waals surface area contributed by atoms with E-state index < -0.39 is 19.0 Å². The number of halogens is 2. The first-order chi connectivity index (χ1) is 12.5. The minimum atomic E-state index is -2.93. The lowest BCUT2D eigenvalue weighted by Gasteiger charge is -2.26. The largest absolute Gasteiger partial charge is 0.480 e. The molecule has 3 rings (SSSR count). The van der Waals surface area contributed by atoms with Crippen LogP contribution in [-0.2, 0) is 11.2 Å². The van der Waals surface area contributed by atoms with Crippen LogP contribution in [0.15, 0.2) is 12.1 Å². The summed E-state index contributed by atoms with van der Waals surface area (Å²) in [4.78, 5) is 13.7. The van der Waals surface area contributed by atoms with Crippen LogP contribution in [-0.4, -0.2) is 69.8 Å². The van der Waals surface area contributed by atoms with Crippen molar-refractivity contribution < 1.29 is 18.3 Å². The minimum Gasteiger partial charge on any atom is -0.480 e. The quantitative estimate of drug-likeness (QED) is 0.864. The van der Waals surface area contributed by atoms with Crippen LogP contribution in [0.5, 0.6) is 5.88 Å². The molecule has 0 unspecified atom stereocenters. The number of hydrogen-bond donors (Lipinski definition) is 1. The Morgan fingerprint density at radius 3 is 3.00 bits per heavy atom. The van der Waals surface area contributed by atoms with Gasteiger partial charge in [0.1, 0.15) is 0 Å². The van der Waals surface area contributed by atoms with Crippen LogP contribution >= 0.6 is 0 Å². The molecule has 1 N–H and O–H groups in total. The fraction of sp³-hybridized carbons (Fsp3) is 0.625. The lowest BCUT2D eigenvalue weighted by atomic mass is 10.2. The number of fused-ring (bicyclic) bond motifs is 1. The van der Waals surface area contributed by atoms with Crippen molar-refractivity contribution in [2.75, 3.05) is 33.3 Å². The molecule has 0 saturated carbocycles. The number of nitrogens with one attached hydrogen (secondary N) is 1. The minimum absolute atomic E-state index is 0.0726. The zero-order valence-electron chi connectivity index (χ0n) is 14.6. The summed E-state index contributed by atoms with van der Waals surface area (Å²) in [5, 5.41) is 15.0. The van der Waals surface area contributed by atoms with E-state index in [0.29, 0.717) is 36.9 Å². The fourth-order valence-electron chi connectivity index (χ4n) is 2.91. The highest BCUT2D eigenvalue weighted by Crippen LogP contribution is 2.17. The Morgan fingerprint density at radius 1 is 1.35 bits per heavy atom. The molecule has 142 valence electrons. The maximum Gasteiger partial charge on any atom is 0.277 e. The summed E-state index contributed by atoms with van der Waals surface area (Å²) in [6, 6.07) is 3.37. The van der Waals surface area contributed by atoms with Crippen molar-refractivity contribution in [3.63, 3.8) is 0 Å². The number of carbonyl (C=O) groups excluding carboxylic acids is 1. The van der Waals surface area contributed by atoms with Gasteiger partial charge in [-0.25, -0.2) is 8.78 Å². The molecule has 0 bridgehead atoms. The van der Waals surface area contributed by atoms with Crippen molar-refractivity contribution in [2.45, 2.75) is 31.6 Å². The van der Waals surface area contributed by atoms with E-state index >= 15 is 0 Å². The first-order valence-electron chi connectivity index (χ1n) is 8.60. The fourth-order valence-corrected chi connectivity index (χ4v) is 2.91. The second-order valence-electron chi connectivity index (χ2n) is 6.32. The summed E-state index contributed by atoms with van der Waals surface area (Å²) in [7, 11) is 1.50. The van der Waals surface area contributed by atoms with Gasteiger partial charge in [0.2, 0.25) is 11.8 Å². The number of amides is 1. The zero-order chi connectivity index (χ0) is 18.6. The highest BCUT2D eigenvalue weighted by molar-refractivity contribution is 5.76. The van der Waals surface area contributed by atoms with E-state index in [0.717, 1.165) is 6.42 Å². The molecule has 1 amide bonds. The molecule has 0 radical (unpaired) electrons. The third-order valence-corrected chi connectivity index (χ3v) is 4.26. The van der Waals surface area contributed by atoms with Gasteiger partial charge in [-0.15, -0.1) is 15.3 Å². The SMILES string of the molecule is COc1ccc2nnc(CCC(=O)N3CCCCNCC(F)(F)C3)n2n1. The molecule has 3 heterocycles. The Hall–Kier alpha value is -2.36. The van der Waals surface area contributed by atoms with Gasteiger partial charge in [0.15, 0.2) is 11.5 Å².